The average molecular weight is 360 g/mol. The molecular weight excluding hydrogens is 332 g/mol. The van der Waals surface area contributed by atoms with Gasteiger partial charge in [0.15, 0.2) is 0 Å². The average Bonchev–Trinajstić information content (AvgIpc) is 2.07. The predicted molar refractivity (Wildman–Crippen MR) is 93.6 cm³/mol. The van der Waals surface area contributed by atoms with Crippen molar-refractivity contribution in [3.63, 3.8) is 0 Å². The summed E-state index contributed by atoms with van der Waals surface area (Å²) in [4.78, 5) is 0. The van der Waals surface area contributed by atoms with E-state index in [4.69, 9.17) is 10.0 Å². The topological polar surface area (TPSA) is 0 Å². The first-order valence-electron chi connectivity index (χ1n) is 6.44. The van der Waals surface area contributed by atoms with Gasteiger partial charge in [-0.25, -0.2) is 0 Å². The molecule has 0 N–H and O–H groups in total. The van der Waals surface area contributed by atoms with Crippen molar-refractivity contribution in [3.8, 4) is 20.6 Å². The molecule has 0 aromatic heterocycles. The first-order valence-corrected chi connectivity index (χ1v) is 19.3. The fraction of sp³-hybridized carbons (Fsp3) is 0.714. The fourth-order valence-corrected chi connectivity index (χ4v) is 12.1. The molecule has 0 unspecified atom stereocenters. The van der Waals surface area contributed by atoms with E-state index < -0.39 is 28.5 Å². The fourth-order valence-electron chi connectivity index (χ4n) is 0.953. The van der Waals surface area contributed by atoms with Crippen molar-refractivity contribution in [3.05, 3.63) is 0 Å². The maximum atomic E-state index is 6.91. The Kier molecular flexibility index (Phi) is 5.92. The zero-order chi connectivity index (χ0) is 14.8. The number of hydrogen-bond donors (Lipinski definition) is 0. The van der Waals surface area contributed by atoms with Gasteiger partial charge in [0.1, 0.15) is 0 Å². The van der Waals surface area contributed by atoms with E-state index in [-0.39, 0.29) is 4.25 Å². The second-order valence-corrected chi connectivity index (χ2v) is 27.3. The van der Waals surface area contributed by atoms with E-state index in [9.17, 15) is 0 Å². The third-order valence-corrected chi connectivity index (χ3v) is 15.3. The summed E-state index contributed by atoms with van der Waals surface area (Å²) in [5, 5.41) is 0. The van der Waals surface area contributed by atoms with Crippen LogP contribution in [-0.4, -0.2) is 28.5 Å². The van der Waals surface area contributed by atoms with Gasteiger partial charge in [-0.3, -0.25) is 0 Å². The summed E-state index contributed by atoms with van der Waals surface area (Å²) in [5.74, 6) is 0. The van der Waals surface area contributed by atoms with Gasteiger partial charge >= 0.3 is 123 Å². The molecule has 0 aliphatic rings. The van der Waals surface area contributed by atoms with E-state index in [0.717, 1.165) is 0 Å². The van der Waals surface area contributed by atoms with Gasteiger partial charge in [0, 0.05) is 0 Å². The summed E-state index contributed by atoms with van der Waals surface area (Å²) in [5.41, 5.74) is 6.92. The minimum atomic E-state index is -2.92. The van der Waals surface area contributed by atoms with Crippen LogP contribution in [0, 0.1) is 20.6 Å². The molecule has 0 saturated heterocycles. The molecule has 0 aliphatic carbocycles. The molecule has 0 aromatic rings. The number of halogens is 1. The number of hydrogen-bond acceptors (Lipinski definition) is 0. The van der Waals surface area contributed by atoms with Gasteiger partial charge in [0.25, 0.3) is 0 Å². The van der Waals surface area contributed by atoms with Gasteiger partial charge in [0.2, 0.25) is 0 Å². The summed E-state index contributed by atoms with van der Waals surface area (Å²) in [7, 11) is 4.16. The molecule has 0 heterocycles. The Morgan fingerprint density at radius 3 is 1.22 bits per heavy atom. The molecule has 0 aliphatic heterocycles. The van der Waals surface area contributed by atoms with Gasteiger partial charge in [0.05, 0.1) is 0 Å². The Hall–Kier alpha value is 0.387. The molecule has 0 spiro atoms. The van der Waals surface area contributed by atoms with Crippen LogP contribution in [0.25, 0.3) is 0 Å². The quantitative estimate of drug-likeness (QED) is 0.430. The Balaban J connectivity index is 5.60. The van der Waals surface area contributed by atoms with Crippen molar-refractivity contribution in [2.24, 2.45) is 0 Å². The van der Waals surface area contributed by atoms with Crippen LogP contribution in [0.1, 0.15) is 20.8 Å². The van der Waals surface area contributed by atoms with E-state index in [0.29, 0.717) is 0 Å². The molecule has 0 nitrogen and oxygen atoms in total. The summed E-state index contributed by atoms with van der Waals surface area (Å²) in [6, 6.07) is 0. The summed E-state index contributed by atoms with van der Waals surface area (Å²) >= 11 is -2.92. The zero-order valence-corrected chi connectivity index (χ0v) is 18.2. The minimum absolute atomic E-state index is 0.0425. The van der Waals surface area contributed by atoms with Crippen molar-refractivity contribution < 1.29 is 0 Å². The molecular formula is C14H27ClGeSi2. The number of rotatable bonds is 0. The van der Waals surface area contributed by atoms with Crippen LogP contribution in [0.4, 0.5) is 0 Å². The van der Waals surface area contributed by atoms with Crippen LogP contribution in [0.3, 0.4) is 0 Å². The maximum absolute atomic E-state index is 6.91. The normalized spacial score (nSPS) is 13.2. The van der Waals surface area contributed by atoms with Crippen LogP contribution in [0.2, 0.25) is 43.5 Å². The SMILES string of the molecule is C[C](C)(C)[Ge]([Cl])([C]#C[Si](C)(C)C)[C]#C[Si](C)(C)C. The first-order chi connectivity index (χ1) is 7.66. The van der Waals surface area contributed by atoms with Gasteiger partial charge in [-0.15, -0.1) is 0 Å². The molecule has 0 bridgehead atoms. The van der Waals surface area contributed by atoms with Crippen LogP contribution in [0.15, 0.2) is 0 Å². The molecule has 0 rings (SSSR count). The molecule has 4 heteroatoms. The summed E-state index contributed by atoms with van der Waals surface area (Å²) in [6.45, 7) is 20.1. The third-order valence-electron chi connectivity index (χ3n) is 2.25. The monoisotopic (exact) mass is 360 g/mol. The first kappa shape index (κ1) is 18.4. The predicted octanol–water partition coefficient (Wildman–Crippen LogP) is 4.81. The van der Waals surface area contributed by atoms with Crippen LogP contribution in [0.5, 0.6) is 0 Å². The van der Waals surface area contributed by atoms with E-state index in [2.05, 4.69) is 80.6 Å². The molecule has 0 saturated carbocycles. The molecule has 0 radical (unpaired) electrons. The van der Waals surface area contributed by atoms with Crippen LogP contribution < -0.4 is 0 Å². The van der Waals surface area contributed by atoms with Gasteiger partial charge < -0.3 is 0 Å². The molecule has 18 heavy (non-hydrogen) atoms. The van der Waals surface area contributed by atoms with E-state index in [1.165, 1.54) is 0 Å². The van der Waals surface area contributed by atoms with E-state index >= 15 is 0 Å². The molecule has 0 amide bonds. The standard InChI is InChI=1S/C14H27ClGeSi2/c1-14(2,3)16(15,10-12-17(4,5)6)11-13-18(7,8)9/h1-9H3. The third kappa shape index (κ3) is 7.09. The van der Waals surface area contributed by atoms with Crippen molar-refractivity contribution in [2.45, 2.75) is 64.3 Å². The van der Waals surface area contributed by atoms with Gasteiger partial charge in [-0.1, -0.05) is 0 Å². The van der Waals surface area contributed by atoms with Crippen LogP contribution in [-0.2, 0) is 0 Å². The Morgan fingerprint density at radius 1 is 0.778 bits per heavy atom. The molecule has 0 aromatic carbocycles. The van der Waals surface area contributed by atoms with Crippen LogP contribution >= 0.6 is 10.0 Å². The van der Waals surface area contributed by atoms with E-state index in [1.54, 1.807) is 0 Å². The Bertz CT molecular complexity index is 382. The van der Waals surface area contributed by atoms with Gasteiger partial charge in [-0.2, -0.15) is 0 Å². The van der Waals surface area contributed by atoms with E-state index in [1.807, 2.05) is 0 Å². The Labute approximate surface area is 123 Å². The van der Waals surface area contributed by atoms with Crippen molar-refractivity contribution in [2.75, 3.05) is 0 Å². The molecule has 102 valence electrons. The van der Waals surface area contributed by atoms with Crippen molar-refractivity contribution in [1.82, 2.24) is 0 Å². The summed E-state index contributed by atoms with van der Waals surface area (Å²) < 4.78 is 6.97. The second kappa shape index (κ2) is 5.79. The summed E-state index contributed by atoms with van der Waals surface area (Å²) in [6.07, 6.45) is 0. The molecule has 0 atom stereocenters. The van der Waals surface area contributed by atoms with Crippen molar-refractivity contribution >= 4 is 38.5 Å². The Morgan fingerprint density at radius 2 is 1.06 bits per heavy atom. The molecule has 0 fully saturated rings. The van der Waals surface area contributed by atoms with Gasteiger partial charge in [-0.05, 0) is 0 Å². The second-order valence-electron chi connectivity index (χ2n) is 7.91. The zero-order valence-electron chi connectivity index (χ0n) is 13.4. The van der Waals surface area contributed by atoms with Crippen molar-refractivity contribution in [1.29, 1.82) is 0 Å².